The molecule has 298 valence electrons. The minimum absolute atomic E-state index is 0.0705. The molecule has 0 fully saturated rings. The van der Waals surface area contributed by atoms with Gasteiger partial charge in [0, 0.05) is 60.9 Å². The molecule has 13 rings (SSSR count). The predicted molar refractivity (Wildman–Crippen MR) is 263 cm³/mol. The Labute approximate surface area is 363 Å². The van der Waals surface area contributed by atoms with Crippen molar-refractivity contribution >= 4 is 73.3 Å². The van der Waals surface area contributed by atoms with E-state index in [4.69, 9.17) is 4.42 Å². The molecular weight excluding hydrogens is 751 g/mol. The summed E-state index contributed by atoms with van der Waals surface area (Å²) in [5, 5.41) is 8.77. The maximum absolute atomic E-state index is 6.55. The zero-order chi connectivity index (χ0) is 42.0. The van der Waals surface area contributed by atoms with Gasteiger partial charge in [-0.2, -0.15) is 0 Å². The largest absolute Gasteiger partial charge is 0.456 e. The van der Waals surface area contributed by atoms with Gasteiger partial charge in [0.25, 0.3) is 0 Å². The van der Waals surface area contributed by atoms with E-state index < -0.39 is 0 Å². The van der Waals surface area contributed by atoms with E-state index in [1.54, 1.807) is 0 Å². The Morgan fingerprint density at radius 3 is 1.89 bits per heavy atom. The van der Waals surface area contributed by atoms with E-state index in [1.807, 2.05) is 0 Å². The Hall–Kier alpha value is -6.78. The molecule has 0 saturated carbocycles. The third-order valence-electron chi connectivity index (χ3n) is 15.0. The number of aromatic nitrogens is 1. The first-order valence-electron chi connectivity index (χ1n) is 22.2. The van der Waals surface area contributed by atoms with E-state index in [1.165, 1.54) is 99.6 Å². The lowest BCUT2D eigenvalue weighted by atomic mass is 9.58. The molecule has 1 aliphatic heterocycles. The lowest BCUT2D eigenvalue weighted by Crippen LogP contribution is -2.38. The predicted octanol–water partition coefficient (Wildman–Crippen LogP) is 13.7. The Kier molecular flexibility index (Phi) is 6.94. The number of hydrogen-bond acceptors (Lipinski definition) is 2. The van der Waals surface area contributed by atoms with Crippen LogP contribution in [0.5, 0.6) is 0 Å². The molecule has 0 spiro atoms. The van der Waals surface area contributed by atoms with Crippen LogP contribution in [0.15, 0.2) is 150 Å². The second kappa shape index (κ2) is 12.0. The normalized spacial score (nSPS) is 15.1. The summed E-state index contributed by atoms with van der Waals surface area (Å²) in [5.41, 5.74) is 25.1. The molecular formula is C58H47BN2O. The molecule has 0 amide bonds. The van der Waals surface area contributed by atoms with E-state index in [0.29, 0.717) is 0 Å². The van der Waals surface area contributed by atoms with E-state index in [0.717, 1.165) is 40.6 Å². The fraction of sp³-hybridized carbons (Fsp3) is 0.172. The van der Waals surface area contributed by atoms with Crippen LogP contribution >= 0.6 is 0 Å². The van der Waals surface area contributed by atoms with E-state index in [-0.39, 0.29) is 16.2 Å². The van der Waals surface area contributed by atoms with Gasteiger partial charge in [-0.05, 0) is 109 Å². The summed E-state index contributed by atoms with van der Waals surface area (Å²) >= 11 is 0. The molecule has 4 heteroatoms. The third kappa shape index (κ3) is 4.73. The summed E-state index contributed by atoms with van der Waals surface area (Å²) in [6.45, 7) is 16.4. The molecule has 8 aromatic carbocycles. The highest BCUT2D eigenvalue weighted by atomic mass is 16.3. The monoisotopic (exact) mass is 798 g/mol. The number of rotatable bonds is 3. The highest BCUT2D eigenvalue weighted by Crippen LogP contribution is 2.53. The molecule has 0 bridgehead atoms. The molecule has 2 aromatic heterocycles. The van der Waals surface area contributed by atoms with Crippen molar-refractivity contribution in [2.75, 3.05) is 5.32 Å². The summed E-state index contributed by atoms with van der Waals surface area (Å²) in [5.74, 6) is 0. The maximum Gasteiger partial charge on any atom is 0.198 e. The van der Waals surface area contributed by atoms with Crippen molar-refractivity contribution in [3.8, 4) is 39.1 Å². The second-order valence-corrected chi connectivity index (χ2v) is 20.2. The lowest BCUT2D eigenvalue weighted by Gasteiger charge is -2.27. The van der Waals surface area contributed by atoms with Crippen LogP contribution in [0.2, 0.25) is 0 Å². The summed E-state index contributed by atoms with van der Waals surface area (Å²) in [6.07, 6.45) is 0. The topological polar surface area (TPSA) is 30.1 Å². The first-order valence-corrected chi connectivity index (χ1v) is 22.2. The van der Waals surface area contributed by atoms with Crippen LogP contribution in [0.4, 0.5) is 11.4 Å². The van der Waals surface area contributed by atoms with Gasteiger partial charge in [0.1, 0.15) is 11.2 Å². The summed E-state index contributed by atoms with van der Waals surface area (Å²) < 4.78 is 9.19. The number of furan rings is 1. The van der Waals surface area contributed by atoms with Gasteiger partial charge in [0.15, 0.2) is 7.28 Å². The maximum atomic E-state index is 6.55. The standard InChI is InChI=1S/C58H47BN2O/c1-56(2,3)32-20-22-33(23-21-32)60-49-31-53-43(36-16-10-13-19-52(36)62-53)27-41(49)37-24-25-38-42-26-39-34-14-8-11-17-44(34)58(6,7)47(39)30-50(42)61-51-28-40-35-15-9-12-18-45(35)57(4,5)46(40)29-48(51)59-54(37)55(38)61/h8-31,59-60H,1-7H3. The second-order valence-electron chi connectivity index (χ2n) is 20.2. The Morgan fingerprint density at radius 1 is 0.516 bits per heavy atom. The lowest BCUT2D eigenvalue weighted by molar-refractivity contribution is 0.590. The van der Waals surface area contributed by atoms with Crippen LogP contribution in [0, 0.1) is 0 Å². The minimum Gasteiger partial charge on any atom is -0.456 e. The van der Waals surface area contributed by atoms with Gasteiger partial charge >= 0.3 is 0 Å². The summed E-state index contributed by atoms with van der Waals surface area (Å²) in [6, 6.07) is 55.0. The molecule has 10 aromatic rings. The quantitative estimate of drug-likeness (QED) is 0.180. The number of anilines is 2. The zero-order valence-corrected chi connectivity index (χ0v) is 36.4. The molecule has 3 heterocycles. The van der Waals surface area contributed by atoms with Gasteiger partial charge < -0.3 is 14.3 Å². The number of benzene rings is 8. The average Bonchev–Trinajstić information content (AvgIpc) is 3.93. The van der Waals surface area contributed by atoms with Crippen molar-refractivity contribution in [2.24, 2.45) is 0 Å². The molecule has 62 heavy (non-hydrogen) atoms. The minimum atomic E-state index is -0.113. The molecule has 3 aliphatic rings. The highest BCUT2D eigenvalue weighted by Gasteiger charge is 2.40. The summed E-state index contributed by atoms with van der Waals surface area (Å²) in [4.78, 5) is 0. The molecule has 3 nitrogen and oxygen atoms in total. The van der Waals surface area contributed by atoms with Crippen LogP contribution in [-0.4, -0.2) is 11.8 Å². The fourth-order valence-corrected chi connectivity index (χ4v) is 11.7. The molecule has 2 aliphatic carbocycles. The van der Waals surface area contributed by atoms with Crippen molar-refractivity contribution in [3.05, 3.63) is 173 Å². The van der Waals surface area contributed by atoms with Crippen molar-refractivity contribution in [2.45, 2.75) is 64.7 Å². The van der Waals surface area contributed by atoms with Crippen LogP contribution in [-0.2, 0) is 16.2 Å². The Balaban J connectivity index is 1.11. The molecule has 0 radical (unpaired) electrons. The number of fused-ring (bicyclic) bond motifs is 14. The molecule has 0 unspecified atom stereocenters. The number of nitrogens with zero attached hydrogens (tertiary/aromatic N) is 1. The third-order valence-corrected chi connectivity index (χ3v) is 15.0. The molecule has 1 N–H and O–H groups in total. The molecule has 0 saturated heterocycles. The van der Waals surface area contributed by atoms with Crippen molar-refractivity contribution in [3.63, 3.8) is 0 Å². The van der Waals surface area contributed by atoms with Crippen LogP contribution in [0.25, 0.3) is 82.8 Å². The first-order chi connectivity index (χ1) is 29.9. The van der Waals surface area contributed by atoms with Crippen LogP contribution in [0.1, 0.15) is 76.3 Å². The number of para-hydroxylation sites is 1. The van der Waals surface area contributed by atoms with Crippen molar-refractivity contribution < 1.29 is 4.42 Å². The zero-order valence-electron chi connectivity index (χ0n) is 36.4. The Morgan fingerprint density at radius 2 is 1.16 bits per heavy atom. The number of nitrogens with one attached hydrogen (secondary N) is 1. The van der Waals surface area contributed by atoms with Crippen molar-refractivity contribution in [1.29, 1.82) is 0 Å². The van der Waals surface area contributed by atoms with Crippen LogP contribution < -0.4 is 16.2 Å². The van der Waals surface area contributed by atoms with Gasteiger partial charge in [0.2, 0.25) is 0 Å². The fourth-order valence-electron chi connectivity index (χ4n) is 11.7. The van der Waals surface area contributed by atoms with E-state index in [9.17, 15) is 0 Å². The van der Waals surface area contributed by atoms with Crippen molar-refractivity contribution in [1.82, 2.24) is 4.57 Å². The number of hydrogen-bond donors (Lipinski definition) is 1. The van der Waals surface area contributed by atoms with Gasteiger partial charge in [-0.15, -0.1) is 0 Å². The first kappa shape index (κ1) is 35.9. The highest BCUT2D eigenvalue weighted by molar-refractivity contribution is 6.73. The van der Waals surface area contributed by atoms with E-state index >= 15 is 0 Å². The molecule has 0 atom stereocenters. The van der Waals surface area contributed by atoms with Gasteiger partial charge in [0.05, 0.1) is 11.2 Å². The van der Waals surface area contributed by atoms with Gasteiger partial charge in [-0.3, -0.25) is 0 Å². The Bertz CT molecular complexity index is 3610. The van der Waals surface area contributed by atoms with E-state index in [2.05, 4.69) is 204 Å². The summed E-state index contributed by atoms with van der Waals surface area (Å²) in [7, 11) is 0.829. The SMILES string of the molecule is CC(C)(C)c1ccc(Nc2cc3oc4ccccc4c3cc2-c2ccc3c4cc5c(cc4n4c3c2Bc2cc3c(cc2-4)-c2ccccc2C3(C)C)C(C)(C)c2ccccc2-5)cc1. The van der Waals surface area contributed by atoms with Gasteiger partial charge in [-0.25, -0.2) is 0 Å². The van der Waals surface area contributed by atoms with Crippen LogP contribution in [0.3, 0.4) is 0 Å². The van der Waals surface area contributed by atoms with Gasteiger partial charge in [-0.1, -0.05) is 151 Å². The average molecular weight is 799 g/mol. The smallest absolute Gasteiger partial charge is 0.198 e.